The Morgan fingerprint density at radius 1 is 1.31 bits per heavy atom. The van der Waals surface area contributed by atoms with Crippen LogP contribution in [0.4, 0.5) is 8.78 Å². The molecule has 0 saturated carbocycles. The van der Waals surface area contributed by atoms with E-state index in [9.17, 15) is 8.78 Å². The van der Waals surface area contributed by atoms with Crippen molar-refractivity contribution in [2.45, 2.75) is 5.88 Å². The van der Waals surface area contributed by atoms with Crippen LogP contribution in [0.15, 0.2) is 24.4 Å². The molecule has 0 unspecified atom stereocenters. The third-order valence-electron chi connectivity index (χ3n) is 2.28. The van der Waals surface area contributed by atoms with Crippen molar-refractivity contribution in [3.63, 3.8) is 0 Å². The molecule has 0 radical (unpaired) electrons. The molecule has 0 aliphatic rings. The van der Waals surface area contributed by atoms with Gasteiger partial charge in [0.1, 0.15) is 11.6 Å². The van der Waals surface area contributed by atoms with Crippen LogP contribution in [-0.2, 0) is 12.9 Å². The summed E-state index contributed by atoms with van der Waals surface area (Å²) in [6.07, 6.45) is 1.71. The topological polar surface area (TPSA) is 17.8 Å². The molecule has 2 aromatic rings. The Bertz CT molecular complexity index is 499. The maximum Gasteiger partial charge on any atom is 0.131 e. The van der Waals surface area contributed by atoms with Crippen molar-refractivity contribution in [1.82, 2.24) is 9.78 Å². The zero-order chi connectivity index (χ0) is 11.7. The molecule has 0 spiro atoms. The van der Waals surface area contributed by atoms with Gasteiger partial charge >= 0.3 is 0 Å². The van der Waals surface area contributed by atoms with Crippen molar-refractivity contribution < 1.29 is 8.78 Å². The summed E-state index contributed by atoms with van der Waals surface area (Å²) in [6, 6.07) is 4.17. The summed E-state index contributed by atoms with van der Waals surface area (Å²) >= 11 is 5.44. The molecule has 0 aliphatic carbocycles. The fourth-order valence-corrected chi connectivity index (χ4v) is 1.70. The molecule has 0 atom stereocenters. The van der Waals surface area contributed by atoms with Gasteiger partial charge in [-0.1, -0.05) is 0 Å². The Balaban J connectivity index is 2.52. The summed E-state index contributed by atoms with van der Waals surface area (Å²) in [5, 5.41) is 4.07. The van der Waals surface area contributed by atoms with Gasteiger partial charge in [-0.05, 0) is 18.2 Å². The fourth-order valence-electron chi connectivity index (χ4n) is 1.45. The molecule has 1 aromatic carbocycles. The minimum Gasteiger partial charge on any atom is -0.275 e. The number of hydrogen-bond acceptors (Lipinski definition) is 1. The fraction of sp³-hybridized carbons (Fsp3) is 0.182. The monoisotopic (exact) mass is 242 g/mol. The van der Waals surface area contributed by atoms with Crippen LogP contribution < -0.4 is 0 Å². The van der Waals surface area contributed by atoms with Crippen LogP contribution in [0.2, 0.25) is 0 Å². The molecule has 0 saturated heterocycles. The number of nitrogens with zero attached hydrogens (tertiary/aromatic N) is 2. The van der Waals surface area contributed by atoms with Crippen LogP contribution in [0.3, 0.4) is 0 Å². The molecule has 0 N–H and O–H groups in total. The maximum absolute atomic E-state index is 13.4. The number of rotatable bonds is 2. The van der Waals surface area contributed by atoms with Gasteiger partial charge in [-0.2, -0.15) is 5.10 Å². The van der Waals surface area contributed by atoms with E-state index < -0.39 is 11.6 Å². The molecule has 0 aliphatic heterocycles. The SMILES string of the molecule is Cn1ccc(-c2cc(F)c(CCl)c(F)c2)n1. The van der Waals surface area contributed by atoms with E-state index in [2.05, 4.69) is 5.10 Å². The van der Waals surface area contributed by atoms with Crippen molar-refractivity contribution in [3.05, 3.63) is 41.6 Å². The van der Waals surface area contributed by atoms with Crippen molar-refractivity contribution in [2.75, 3.05) is 0 Å². The Kier molecular flexibility index (Phi) is 2.92. The maximum atomic E-state index is 13.4. The number of halogens is 3. The van der Waals surface area contributed by atoms with E-state index in [1.165, 1.54) is 12.1 Å². The van der Waals surface area contributed by atoms with E-state index in [4.69, 9.17) is 11.6 Å². The summed E-state index contributed by atoms with van der Waals surface area (Å²) < 4.78 is 28.5. The van der Waals surface area contributed by atoms with Crippen molar-refractivity contribution in [2.24, 2.45) is 7.05 Å². The lowest BCUT2D eigenvalue weighted by Gasteiger charge is -2.03. The predicted octanol–water partition coefficient (Wildman–Crippen LogP) is 3.10. The summed E-state index contributed by atoms with van der Waals surface area (Å²) in [5.41, 5.74) is 0.826. The Morgan fingerprint density at radius 2 is 1.94 bits per heavy atom. The third kappa shape index (κ3) is 1.93. The predicted molar refractivity (Wildman–Crippen MR) is 58.1 cm³/mol. The van der Waals surface area contributed by atoms with E-state index in [-0.39, 0.29) is 11.4 Å². The van der Waals surface area contributed by atoms with Gasteiger partial charge in [0.2, 0.25) is 0 Å². The lowest BCUT2D eigenvalue weighted by atomic mass is 10.1. The molecule has 1 aromatic heterocycles. The average Bonchev–Trinajstić information content (AvgIpc) is 2.64. The minimum atomic E-state index is -0.643. The molecule has 0 bridgehead atoms. The van der Waals surface area contributed by atoms with Crippen LogP contribution in [0.1, 0.15) is 5.56 Å². The Hall–Kier alpha value is -1.42. The van der Waals surface area contributed by atoms with Crippen LogP contribution in [-0.4, -0.2) is 9.78 Å². The van der Waals surface area contributed by atoms with Crippen LogP contribution in [0, 0.1) is 11.6 Å². The highest BCUT2D eigenvalue weighted by Crippen LogP contribution is 2.23. The molecular formula is C11H9ClF2N2. The van der Waals surface area contributed by atoms with E-state index >= 15 is 0 Å². The molecule has 5 heteroatoms. The minimum absolute atomic E-state index is 0.110. The van der Waals surface area contributed by atoms with E-state index in [0.29, 0.717) is 11.3 Å². The molecule has 2 nitrogen and oxygen atoms in total. The first kappa shape index (κ1) is 11.1. The van der Waals surface area contributed by atoms with Crippen molar-refractivity contribution >= 4 is 11.6 Å². The quantitative estimate of drug-likeness (QED) is 0.740. The molecule has 0 amide bonds. The summed E-state index contributed by atoms with van der Waals surface area (Å²) in [4.78, 5) is 0. The first-order valence-corrected chi connectivity index (χ1v) is 5.19. The lowest BCUT2D eigenvalue weighted by Crippen LogP contribution is -1.95. The largest absolute Gasteiger partial charge is 0.275 e. The number of aryl methyl sites for hydroxylation is 1. The van der Waals surface area contributed by atoms with Gasteiger partial charge in [-0.25, -0.2) is 8.78 Å². The lowest BCUT2D eigenvalue weighted by molar-refractivity contribution is 0.566. The number of benzene rings is 1. The molecular weight excluding hydrogens is 234 g/mol. The second-order valence-electron chi connectivity index (χ2n) is 3.43. The standard InChI is InChI=1S/C11H9ClF2N2/c1-16-3-2-11(15-16)7-4-9(13)8(6-12)10(14)5-7/h2-5H,6H2,1H3. The molecule has 84 valence electrons. The number of hydrogen-bond donors (Lipinski definition) is 0. The molecule has 16 heavy (non-hydrogen) atoms. The molecule has 1 heterocycles. The van der Waals surface area contributed by atoms with Crippen LogP contribution in [0.5, 0.6) is 0 Å². The highest BCUT2D eigenvalue weighted by molar-refractivity contribution is 6.17. The van der Waals surface area contributed by atoms with Crippen molar-refractivity contribution in [1.29, 1.82) is 0 Å². The van der Waals surface area contributed by atoms with Crippen molar-refractivity contribution in [3.8, 4) is 11.3 Å². The smallest absolute Gasteiger partial charge is 0.131 e. The van der Waals surface area contributed by atoms with Gasteiger partial charge in [0.15, 0.2) is 0 Å². The molecule has 2 rings (SSSR count). The van der Waals surface area contributed by atoms with E-state index in [0.717, 1.165) is 0 Å². The summed E-state index contributed by atoms with van der Waals surface area (Å²) in [5.74, 6) is -1.47. The second-order valence-corrected chi connectivity index (χ2v) is 3.69. The Morgan fingerprint density at radius 3 is 2.38 bits per heavy atom. The van der Waals surface area contributed by atoms with Gasteiger partial charge in [0, 0.05) is 24.4 Å². The number of aromatic nitrogens is 2. The molecule has 0 fully saturated rings. The second kappa shape index (κ2) is 4.22. The van der Waals surface area contributed by atoms with Gasteiger partial charge < -0.3 is 0 Å². The Labute approximate surface area is 96.5 Å². The zero-order valence-electron chi connectivity index (χ0n) is 8.54. The summed E-state index contributed by atoms with van der Waals surface area (Å²) in [6.45, 7) is 0. The average molecular weight is 243 g/mol. The van der Waals surface area contributed by atoms with Gasteiger partial charge in [-0.3, -0.25) is 4.68 Å². The van der Waals surface area contributed by atoms with Crippen LogP contribution >= 0.6 is 11.6 Å². The third-order valence-corrected chi connectivity index (χ3v) is 2.55. The normalized spacial score (nSPS) is 10.8. The van der Waals surface area contributed by atoms with Gasteiger partial charge in [0.25, 0.3) is 0 Å². The summed E-state index contributed by atoms with van der Waals surface area (Å²) in [7, 11) is 1.74. The van der Waals surface area contributed by atoms with Gasteiger partial charge in [-0.15, -0.1) is 11.6 Å². The highest BCUT2D eigenvalue weighted by atomic mass is 35.5. The number of alkyl halides is 1. The van der Waals surface area contributed by atoms with Crippen LogP contribution in [0.25, 0.3) is 11.3 Å². The van der Waals surface area contributed by atoms with E-state index in [1.807, 2.05) is 0 Å². The highest BCUT2D eigenvalue weighted by Gasteiger charge is 2.12. The zero-order valence-corrected chi connectivity index (χ0v) is 9.30. The van der Waals surface area contributed by atoms with E-state index in [1.54, 1.807) is 24.0 Å². The first-order chi connectivity index (χ1) is 7.61. The van der Waals surface area contributed by atoms with Gasteiger partial charge in [0.05, 0.1) is 11.6 Å². The first-order valence-electron chi connectivity index (χ1n) is 4.65.